The van der Waals surface area contributed by atoms with Gasteiger partial charge in [-0.3, -0.25) is 10.2 Å². The Morgan fingerprint density at radius 3 is 2.79 bits per heavy atom. The maximum Gasteiger partial charge on any atom is 0.253 e. The Labute approximate surface area is 172 Å². The van der Waals surface area contributed by atoms with Gasteiger partial charge in [-0.15, -0.1) is 0 Å². The first kappa shape index (κ1) is 19.9. The van der Waals surface area contributed by atoms with Crippen LogP contribution in [0.5, 0.6) is 5.75 Å². The summed E-state index contributed by atoms with van der Waals surface area (Å²) in [5, 5.41) is 0. The van der Waals surface area contributed by atoms with E-state index in [0.717, 1.165) is 48.5 Å². The lowest BCUT2D eigenvalue weighted by Crippen LogP contribution is -2.47. The van der Waals surface area contributed by atoms with Gasteiger partial charge in [0.05, 0.1) is 13.2 Å². The molecule has 2 saturated heterocycles. The van der Waals surface area contributed by atoms with E-state index in [4.69, 9.17) is 4.74 Å². The zero-order valence-corrected chi connectivity index (χ0v) is 17.4. The average molecular weight is 395 g/mol. The van der Waals surface area contributed by atoms with Crippen LogP contribution in [-0.2, 0) is 6.54 Å². The number of hydrogen-bond donors (Lipinski definition) is 2. The molecule has 1 amide bonds. The minimum Gasteiger partial charge on any atom is -0.496 e. The summed E-state index contributed by atoms with van der Waals surface area (Å²) in [7, 11) is 5.78. The van der Waals surface area contributed by atoms with E-state index in [1.54, 1.807) is 7.11 Å². The second-order valence-corrected chi connectivity index (χ2v) is 8.26. The molecule has 2 aliphatic rings. The van der Waals surface area contributed by atoms with E-state index in [9.17, 15) is 4.79 Å². The molecule has 3 atom stereocenters. The number of carbonyl (C=O) groups is 1. The van der Waals surface area contributed by atoms with Crippen molar-refractivity contribution in [1.29, 1.82) is 0 Å². The number of carbonyl (C=O) groups excluding carboxylic acids is 1. The van der Waals surface area contributed by atoms with Crippen molar-refractivity contribution in [2.75, 3.05) is 34.3 Å². The summed E-state index contributed by atoms with van der Waals surface area (Å²) in [6.07, 6.45) is 0.937. The van der Waals surface area contributed by atoms with Crippen molar-refractivity contribution in [3.8, 4) is 5.75 Å². The predicted molar refractivity (Wildman–Crippen MR) is 114 cm³/mol. The lowest BCUT2D eigenvalue weighted by molar-refractivity contribution is 0.0652. The molecule has 0 spiro atoms. The Balaban J connectivity index is 1.52. The topological polar surface area (TPSA) is 56.8 Å². The highest BCUT2D eigenvalue weighted by molar-refractivity contribution is 5.94. The summed E-state index contributed by atoms with van der Waals surface area (Å²) >= 11 is 0. The van der Waals surface area contributed by atoms with Crippen LogP contribution in [0, 0.1) is 5.92 Å². The summed E-state index contributed by atoms with van der Waals surface area (Å²) < 4.78 is 5.57. The molecule has 6 heteroatoms. The fourth-order valence-electron chi connectivity index (χ4n) is 4.57. The summed E-state index contributed by atoms with van der Waals surface area (Å²) in [4.78, 5) is 17.4. The smallest absolute Gasteiger partial charge is 0.253 e. The number of rotatable bonds is 5. The largest absolute Gasteiger partial charge is 0.496 e. The van der Waals surface area contributed by atoms with Crippen molar-refractivity contribution in [2.24, 2.45) is 5.92 Å². The Kier molecular flexibility index (Phi) is 5.85. The van der Waals surface area contributed by atoms with Gasteiger partial charge in [0.1, 0.15) is 5.75 Å². The number of para-hydroxylation sites is 1. The first-order chi connectivity index (χ1) is 14.1. The average Bonchev–Trinajstić information content (AvgIpc) is 3.16. The number of nitrogens with one attached hydrogen (secondary N) is 2. The number of hydrazine groups is 1. The first-order valence-corrected chi connectivity index (χ1v) is 10.2. The van der Waals surface area contributed by atoms with E-state index >= 15 is 0 Å². The van der Waals surface area contributed by atoms with Crippen molar-refractivity contribution in [1.82, 2.24) is 20.7 Å². The highest BCUT2D eigenvalue weighted by Gasteiger charge is 2.42. The van der Waals surface area contributed by atoms with Gasteiger partial charge in [0, 0.05) is 42.7 Å². The van der Waals surface area contributed by atoms with Crippen LogP contribution in [0.4, 0.5) is 0 Å². The van der Waals surface area contributed by atoms with Gasteiger partial charge in [-0.25, -0.2) is 5.43 Å². The maximum atomic E-state index is 13.2. The summed E-state index contributed by atoms with van der Waals surface area (Å²) in [5.74, 6) is 1.30. The van der Waals surface area contributed by atoms with Crippen LogP contribution < -0.4 is 15.6 Å². The van der Waals surface area contributed by atoms with E-state index in [1.165, 1.54) is 0 Å². The van der Waals surface area contributed by atoms with Crippen molar-refractivity contribution in [3.05, 3.63) is 65.2 Å². The molecule has 0 aromatic heterocycles. The molecule has 29 heavy (non-hydrogen) atoms. The molecule has 0 bridgehead atoms. The van der Waals surface area contributed by atoms with Crippen molar-refractivity contribution in [3.63, 3.8) is 0 Å². The second kappa shape index (κ2) is 8.53. The van der Waals surface area contributed by atoms with Gasteiger partial charge in [-0.1, -0.05) is 30.3 Å². The van der Waals surface area contributed by atoms with Gasteiger partial charge in [0.2, 0.25) is 0 Å². The highest BCUT2D eigenvalue weighted by Crippen LogP contribution is 2.37. The van der Waals surface area contributed by atoms with Gasteiger partial charge in [-0.05, 0) is 44.3 Å². The molecule has 2 aliphatic heterocycles. The van der Waals surface area contributed by atoms with Crippen molar-refractivity contribution in [2.45, 2.75) is 25.0 Å². The molecule has 3 unspecified atom stereocenters. The molecular weight excluding hydrogens is 364 g/mol. The minimum absolute atomic E-state index is 0.117. The van der Waals surface area contributed by atoms with Crippen LogP contribution in [0.25, 0.3) is 0 Å². The normalized spacial score (nSPS) is 23.9. The standard InChI is InChI=1S/C23H30N4O2/c1-26(2)14-16-7-6-8-17(13-16)23(28)27-12-11-20-19(15-27)22(25-24-20)18-9-4-5-10-21(18)29-3/h4-10,13,19-20,22,24-25H,11-12,14-15H2,1-3H3. The van der Waals surface area contributed by atoms with Gasteiger partial charge in [0.15, 0.2) is 0 Å². The van der Waals surface area contributed by atoms with Crippen molar-refractivity contribution >= 4 is 5.91 Å². The third-order valence-electron chi connectivity index (χ3n) is 5.94. The van der Waals surface area contributed by atoms with E-state index in [1.807, 2.05) is 55.4 Å². The Bertz CT molecular complexity index is 869. The second-order valence-electron chi connectivity index (χ2n) is 8.26. The quantitative estimate of drug-likeness (QED) is 0.816. The van der Waals surface area contributed by atoms with Gasteiger partial charge >= 0.3 is 0 Å². The molecule has 0 saturated carbocycles. The molecule has 0 radical (unpaired) electrons. The van der Waals surface area contributed by atoms with Crippen LogP contribution >= 0.6 is 0 Å². The van der Waals surface area contributed by atoms with Crippen molar-refractivity contribution < 1.29 is 9.53 Å². The van der Waals surface area contributed by atoms with E-state index in [-0.39, 0.29) is 11.9 Å². The zero-order chi connectivity index (χ0) is 20.4. The highest BCUT2D eigenvalue weighted by atomic mass is 16.5. The molecule has 6 nitrogen and oxygen atoms in total. The number of fused-ring (bicyclic) bond motifs is 1. The number of ether oxygens (including phenoxy) is 1. The molecule has 2 fully saturated rings. The SMILES string of the molecule is COc1ccccc1C1NNC2CCN(C(=O)c3cccc(CN(C)C)c3)CC21. The van der Waals surface area contributed by atoms with E-state index < -0.39 is 0 Å². The molecule has 2 aromatic carbocycles. The number of piperidine rings is 1. The molecule has 0 aliphatic carbocycles. The monoisotopic (exact) mass is 394 g/mol. The van der Waals surface area contributed by atoms with Crippen LogP contribution in [0.2, 0.25) is 0 Å². The summed E-state index contributed by atoms with van der Waals surface area (Å²) in [6.45, 7) is 2.32. The van der Waals surface area contributed by atoms with Crippen LogP contribution in [0.15, 0.2) is 48.5 Å². The molecule has 2 N–H and O–H groups in total. The first-order valence-electron chi connectivity index (χ1n) is 10.2. The number of nitrogens with zero attached hydrogens (tertiary/aromatic N) is 2. The van der Waals surface area contributed by atoms with Gasteiger partial charge < -0.3 is 14.5 Å². The number of amides is 1. The fraction of sp³-hybridized carbons (Fsp3) is 0.435. The number of benzene rings is 2. The number of methoxy groups -OCH3 is 1. The molecule has 154 valence electrons. The Morgan fingerprint density at radius 2 is 2.00 bits per heavy atom. The lowest BCUT2D eigenvalue weighted by atomic mass is 9.84. The molecule has 2 heterocycles. The van der Waals surface area contributed by atoms with E-state index in [0.29, 0.717) is 12.0 Å². The summed E-state index contributed by atoms with van der Waals surface area (Å²) in [6, 6.07) is 16.6. The van der Waals surface area contributed by atoms with Crippen LogP contribution in [0.1, 0.15) is 33.9 Å². The predicted octanol–water partition coefficient (Wildman–Crippen LogP) is 2.44. The third kappa shape index (κ3) is 4.15. The van der Waals surface area contributed by atoms with Gasteiger partial charge in [-0.2, -0.15) is 0 Å². The Hall–Kier alpha value is -2.41. The zero-order valence-electron chi connectivity index (χ0n) is 17.4. The molecule has 4 rings (SSSR count). The minimum atomic E-state index is 0.117. The summed E-state index contributed by atoms with van der Waals surface area (Å²) in [5.41, 5.74) is 9.95. The number of hydrogen-bond acceptors (Lipinski definition) is 5. The van der Waals surface area contributed by atoms with E-state index in [2.05, 4.69) is 27.9 Å². The number of likely N-dealkylation sites (tertiary alicyclic amines) is 1. The maximum absolute atomic E-state index is 13.2. The van der Waals surface area contributed by atoms with Crippen LogP contribution in [0.3, 0.4) is 0 Å². The fourth-order valence-corrected chi connectivity index (χ4v) is 4.57. The third-order valence-corrected chi connectivity index (χ3v) is 5.94. The lowest BCUT2D eigenvalue weighted by Gasteiger charge is -2.36. The Morgan fingerprint density at radius 1 is 1.17 bits per heavy atom. The van der Waals surface area contributed by atoms with Crippen LogP contribution in [-0.4, -0.2) is 56.0 Å². The van der Waals surface area contributed by atoms with Gasteiger partial charge in [0.25, 0.3) is 5.91 Å². The molecular formula is C23H30N4O2. The molecule has 2 aromatic rings.